The highest BCUT2D eigenvalue weighted by molar-refractivity contribution is 7.99. The van der Waals surface area contributed by atoms with Crippen LogP contribution in [0.2, 0.25) is 0 Å². The summed E-state index contributed by atoms with van der Waals surface area (Å²) >= 11 is 1.67. The number of hydrogen-bond donors (Lipinski definition) is 0. The number of esters is 1. The quantitative estimate of drug-likeness (QED) is 0.455. The van der Waals surface area contributed by atoms with E-state index in [0.29, 0.717) is 12.4 Å². The Morgan fingerprint density at radius 3 is 2.67 bits per heavy atom. The van der Waals surface area contributed by atoms with Crippen molar-refractivity contribution in [3.05, 3.63) is 0 Å². The van der Waals surface area contributed by atoms with Crippen LogP contribution in [-0.4, -0.2) is 24.1 Å². The molecule has 0 fully saturated rings. The van der Waals surface area contributed by atoms with Crippen LogP contribution in [0.4, 0.5) is 0 Å². The Kier molecular flexibility index (Phi) is 8.78. The zero-order chi connectivity index (χ0) is 9.23. The average molecular weight is 190 g/mol. The molecule has 0 N–H and O–H groups in total. The van der Waals surface area contributed by atoms with Crippen LogP contribution in [0.25, 0.3) is 0 Å². The first kappa shape index (κ1) is 11.8. The Hall–Kier alpha value is -0.180. The second-order valence-electron chi connectivity index (χ2n) is 2.56. The zero-order valence-corrected chi connectivity index (χ0v) is 8.78. The van der Waals surface area contributed by atoms with Crippen LogP contribution in [0.1, 0.15) is 33.1 Å². The Morgan fingerprint density at radius 1 is 1.33 bits per heavy atom. The van der Waals surface area contributed by atoms with Gasteiger partial charge in [-0.15, -0.1) is 0 Å². The number of carbonyl (C=O) groups excluding carboxylic acids is 1. The van der Waals surface area contributed by atoms with Crippen molar-refractivity contribution in [1.82, 2.24) is 0 Å². The summed E-state index contributed by atoms with van der Waals surface area (Å²) in [5.41, 5.74) is 0. The van der Waals surface area contributed by atoms with Gasteiger partial charge in [-0.2, -0.15) is 11.8 Å². The molecule has 0 aromatic carbocycles. The minimum Gasteiger partial charge on any atom is -0.465 e. The summed E-state index contributed by atoms with van der Waals surface area (Å²) in [6.07, 6.45) is 3.70. The van der Waals surface area contributed by atoms with Gasteiger partial charge in [0.2, 0.25) is 0 Å². The molecular weight excluding hydrogens is 172 g/mol. The van der Waals surface area contributed by atoms with Gasteiger partial charge in [0.25, 0.3) is 0 Å². The summed E-state index contributed by atoms with van der Waals surface area (Å²) in [6.45, 7) is 4.50. The first-order chi connectivity index (χ1) is 5.81. The third-order valence-corrected chi connectivity index (χ3v) is 2.43. The van der Waals surface area contributed by atoms with Crippen LogP contribution >= 0.6 is 11.8 Å². The molecule has 0 aliphatic carbocycles. The normalized spacial score (nSPS) is 9.83. The molecule has 0 bridgehead atoms. The number of thioether (sulfide) groups is 1. The smallest absolute Gasteiger partial charge is 0.315 e. The molecule has 0 aromatic rings. The lowest BCUT2D eigenvalue weighted by atomic mass is 10.3. The number of hydrogen-bond acceptors (Lipinski definition) is 3. The minimum absolute atomic E-state index is 0.0843. The van der Waals surface area contributed by atoms with Crippen LogP contribution in [0.15, 0.2) is 0 Å². The van der Waals surface area contributed by atoms with Gasteiger partial charge < -0.3 is 4.74 Å². The highest BCUT2D eigenvalue weighted by Gasteiger charge is 1.99. The van der Waals surface area contributed by atoms with Crippen molar-refractivity contribution in [2.45, 2.75) is 33.1 Å². The van der Waals surface area contributed by atoms with E-state index in [2.05, 4.69) is 6.92 Å². The molecular formula is C9H18O2S. The Balaban J connectivity index is 3.03. The summed E-state index contributed by atoms with van der Waals surface area (Å²) in [5, 5.41) is 0. The van der Waals surface area contributed by atoms with Gasteiger partial charge in [-0.25, -0.2) is 0 Å². The van der Waals surface area contributed by atoms with E-state index in [1.54, 1.807) is 11.8 Å². The standard InChI is InChI=1S/C9H18O2S/c1-3-5-6-7-12-8-9(10)11-4-2/h3-8H2,1-2H3. The van der Waals surface area contributed by atoms with E-state index in [9.17, 15) is 4.79 Å². The van der Waals surface area contributed by atoms with Crippen LogP contribution in [0.5, 0.6) is 0 Å². The van der Waals surface area contributed by atoms with Gasteiger partial charge >= 0.3 is 5.97 Å². The number of carbonyl (C=O) groups is 1. The van der Waals surface area contributed by atoms with Crippen molar-refractivity contribution >= 4 is 17.7 Å². The van der Waals surface area contributed by atoms with Gasteiger partial charge in [-0.05, 0) is 19.1 Å². The highest BCUT2D eigenvalue weighted by atomic mass is 32.2. The SMILES string of the molecule is CCCCCSCC(=O)OCC. The summed E-state index contributed by atoms with van der Waals surface area (Å²) in [4.78, 5) is 10.8. The Bertz CT molecular complexity index is 115. The van der Waals surface area contributed by atoms with Gasteiger partial charge in [0, 0.05) is 0 Å². The van der Waals surface area contributed by atoms with Crippen molar-refractivity contribution in [3.63, 3.8) is 0 Å². The molecule has 0 unspecified atom stereocenters. The second kappa shape index (κ2) is 8.91. The molecule has 0 rings (SSSR count). The molecule has 0 aliphatic heterocycles. The maximum atomic E-state index is 10.8. The van der Waals surface area contributed by atoms with Crippen molar-refractivity contribution in [1.29, 1.82) is 0 Å². The largest absolute Gasteiger partial charge is 0.465 e. The molecule has 0 saturated heterocycles. The lowest BCUT2D eigenvalue weighted by Crippen LogP contribution is -2.06. The van der Waals surface area contributed by atoms with Gasteiger partial charge in [-0.3, -0.25) is 4.79 Å². The van der Waals surface area contributed by atoms with Crippen molar-refractivity contribution < 1.29 is 9.53 Å². The van der Waals surface area contributed by atoms with Crippen LogP contribution in [0, 0.1) is 0 Å². The van der Waals surface area contributed by atoms with Gasteiger partial charge in [0.1, 0.15) is 0 Å². The van der Waals surface area contributed by atoms with Gasteiger partial charge in [0.05, 0.1) is 12.4 Å². The maximum absolute atomic E-state index is 10.8. The molecule has 12 heavy (non-hydrogen) atoms. The molecule has 0 aliphatic rings. The van der Waals surface area contributed by atoms with Crippen molar-refractivity contribution in [2.24, 2.45) is 0 Å². The maximum Gasteiger partial charge on any atom is 0.315 e. The number of unbranched alkanes of at least 4 members (excludes halogenated alkanes) is 2. The fourth-order valence-corrected chi connectivity index (χ4v) is 1.61. The predicted molar refractivity (Wildman–Crippen MR) is 53.5 cm³/mol. The van der Waals surface area contributed by atoms with Crippen LogP contribution in [-0.2, 0) is 9.53 Å². The van der Waals surface area contributed by atoms with E-state index in [-0.39, 0.29) is 5.97 Å². The van der Waals surface area contributed by atoms with Crippen molar-refractivity contribution in [2.75, 3.05) is 18.1 Å². The fourth-order valence-electron chi connectivity index (χ4n) is 0.812. The third kappa shape index (κ3) is 7.92. The summed E-state index contributed by atoms with van der Waals surface area (Å²) < 4.78 is 4.79. The lowest BCUT2D eigenvalue weighted by molar-refractivity contribution is -0.139. The zero-order valence-electron chi connectivity index (χ0n) is 7.97. The molecule has 72 valence electrons. The molecule has 3 heteroatoms. The molecule has 0 saturated carbocycles. The molecule has 0 spiro atoms. The van der Waals surface area contributed by atoms with Crippen molar-refractivity contribution in [3.8, 4) is 0 Å². The lowest BCUT2D eigenvalue weighted by Gasteiger charge is -2.00. The van der Waals surface area contributed by atoms with E-state index in [0.717, 1.165) is 5.75 Å². The van der Waals surface area contributed by atoms with Gasteiger partial charge in [0.15, 0.2) is 0 Å². The molecule has 0 amide bonds. The predicted octanol–water partition coefficient (Wildman–Crippen LogP) is 2.47. The van der Waals surface area contributed by atoms with E-state index in [4.69, 9.17) is 4.74 Å². The third-order valence-electron chi connectivity index (χ3n) is 1.42. The molecule has 0 heterocycles. The van der Waals surface area contributed by atoms with Crippen LogP contribution < -0.4 is 0 Å². The molecule has 0 radical (unpaired) electrons. The second-order valence-corrected chi connectivity index (χ2v) is 3.67. The van der Waals surface area contributed by atoms with E-state index < -0.39 is 0 Å². The first-order valence-corrected chi connectivity index (χ1v) is 5.70. The van der Waals surface area contributed by atoms with E-state index in [1.165, 1.54) is 19.3 Å². The van der Waals surface area contributed by atoms with E-state index >= 15 is 0 Å². The average Bonchev–Trinajstić information content (AvgIpc) is 2.05. The fraction of sp³-hybridized carbons (Fsp3) is 0.889. The number of rotatable bonds is 7. The monoisotopic (exact) mass is 190 g/mol. The Labute approximate surface area is 79.1 Å². The molecule has 2 nitrogen and oxygen atoms in total. The van der Waals surface area contributed by atoms with E-state index in [1.807, 2.05) is 6.92 Å². The van der Waals surface area contributed by atoms with Crippen LogP contribution in [0.3, 0.4) is 0 Å². The number of ether oxygens (including phenoxy) is 1. The summed E-state index contributed by atoms with van der Waals surface area (Å²) in [5.74, 6) is 1.50. The van der Waals surface area contributed by atoms with Gasteiger partial charge in [-0.1, -0.05) is 19.8 Å². The molecule has 0 aromatic heterocycles. The highest BCUT2D eigenvalue weighted by Crippen LogP contribution is 2.06. The summed E-state index contributed by atoms with van der Waals surface area (Å²) in [7, 11) is 0. The first-order valence-electron chi connectivity index (χ1n) is 4.54. The topological polar surface area (TPSA) is 26.3 Å². The molecule has 0 atom stereocenters. The minimum atomic E-state index is -0.0843. The summed E-state index contributed by atoms with van der Waals surface area (Å²) in [6, 6.07) is 0. The Morgan fingerprint density at radius 2 is 2.08 bits per heavy atom.